The van der Waals surface area contributed by atoms with Gasteiger partial charge in [0.2, 0.25) is 0 Å². The summed E-state index contributed by atoms with van der Waals surface area (Å²) >= 11 is 0. The van der Waals surface area contributed by atoms with Gasteiger partial charge in [0.05, 0.1) is 6.61 Å². The van der Waals surface area contributed by atoms with Gasteiger partial charge in [0.1, 0.15) is 11.5 Å². The van der Waals surface area contributed by atoms with Gasteiger partial charge in [-0.2, -0.15) is 5.10 Å². The van der Waals surface area contributed by atoms with Crippen molar-refractivity contribution in [3.8, 4) is 11.5 Å². The molecular formula is C18H25N3O3. The van der Waals surface area contributed by atoms with E-state index >= 15 is 0 Å². The molecule has 24 heavy (non-hydrogen) atoms. The van der Waals surface area contributed by atoms with E-state index in [1.54, 1.807) is 18.3 Å². The predicted molar refractivity (Wildman–Crippen MR) is 92.1 cm³/mol. The van der Waals surface area contributed by atoms with Gasteiger partial charge in [-0.05, 0) is 42.7 Å². The maximum absolute atomic E-state index is 11.8. The van der Waals surface area contributed by atoms with E-state index < -0.39 is 0 Å². The molecule has 6 heteroatoms. The number of hydrogen-bond donors (Lipinski definition) is 1. The maximum Gasteiger partial charge on any atom is 0.257 e. The van der Waals surface area contributed by atoms with Gasteiger partial charge in [-0.25, -0.2) is 0 Å². The molecule has 1 aromatic heterocycles. The lowest BCUT2D eigenvalue weighted by molar-refractivity contribution is -0.123. The fourth-order valence-electron chi connectivity index (χ4n) is 2.13. The molecule has 0 saturated carbocycles. The van der Waals surface area contributed by atoms with Gasteiger partial charge in [0, 0.05) is 25.5 Å². The molecule has 0 aliphatic heterocycles. The van der Waals surface area contributed by atoms with Crippen LogP contribution in [0.5, 0.6) is 11.5 Å². The van der Waals surface area contributed by atoms with Crippen molar-refractivity contribution in [2.75, 3.05) is 19.8 Å². The largest absolute Gasteiger partial charge is 0.494 e. The Hall–Kier alpha value is -2.50. The van der Waals surface area contributed by atoms with Crippen LogP contribution >= 0.6 is 0 Å². The molecule has 0 aliphatic rings. The third-order valence-corrected chi connectivity index (χ3v) is 3.37. The molecule has 1 N–H and O–H groups in total. The smallest absolute Gasteiger partial charge is 0.257 e. The van der Waals surface area contributed by atoms with E-state index in [-0.39, 0.29) is 12.5 Å². The first-order valence-corrected chi connectivity index (χ1v) is 8.27. The number of ether oxygens (including phenoxy) is 2. The molecule has 0 aliphatic carbocycles. The average molecular weight is 331 g/mol. The Balaban J connectivity index is 1.65. The van der Waals surface area contributed by atoms with Gasteiger partial charge in [0.15, 0.2) is 6.61 Å². The average Bonchev–Trinajstić information content (AvgIpc) is 3.10. The van der Waals surface area contributed by atoms with Gasteiger partial charge >= 0.3 is 0 Å². The highest BCUT2D eigenvalue weighted by Gasteiger charge is 2.07. The van der Waals surface area contributed by atoms with Crippen LogP contribution in [0, 0.1) is 5.92 Å². The molecule has 1 heterocycles. The topological polar surface area (TPSA) is 65.4 Å². The summed E-state index contributed by atoms with van der Waals surface area (Å²) < 4.78 is 12.8. The summed E-state index contributed by atoms with van der Waals surface area (Å²) in [5, 5.41) is 7.03. The highest BCUT2D eigenvalue weighted by Crippen LogP contribution is 2.17. The first kappa shape index (κ1) is 17.8. The molecule has 0 fully saturated rings. The molecule has 0 spiro atoms. The van der Waals surface area contributed by atoms with Crippen LogP contribution in [-0.4, -0.2) is 35.4 Å². The fourth-order valence-corrected chi connectivity index (χ4v) is 2.13. The Labute approximate surface area is 142 Å². The number of nitrogens with zero attached hydrogens (tertiary/aromatic N) is 2. The van der Waals surface area contributed by atoms with Crippen molar-refractivity contribution in [2.45, 2.75) is 26.8 Å². The van der Waals surface area contributed by atoms with Crippen LogP contribution in [-0.2, 0) is 11.3 Å². The minimum atomic E-state index is -0.131. The monoisotopic (exact) mass is 331 g/mol. The summed E-state index contributed by atoms with van der Waals surface area (Å²) in [7, 11) is 0. The molecule has 2 rings (SSSR count). The van der Waals surface area contributed by atoms with Crippen molar-refractivity contribution in [3.63, 3.8) is 0 Å². The van der Waals surface area contributed by atoms with Crippen molar-refractivity contribution in [2.24, 2.45) is 5.92 Å². The first-order chi connectivity index (χ1) is 11.7. The van der Waals surface area contributed by atoms with Crippen LogP contribution in [0.3, 0.4) is 0 Å². The van der Waals surface area contributed by atoms with Gasteiger partial charge < -0.3 is 14.8 Å². The Morgan fingerprint density at radius 3 is 2.58 bits per heavy atom. The van der Waals surface area contributed by atoms with Crippen LogP contribution in [0.4, 0.5) is 0 Å². The number of benzene rings is 1. The van der Waals surface area contributed by atoms with Crippen molar-refractivity contribution >= 4 is 5.91 Å². The summed E-state index contributed by atoms with van der Waals surface area (Å²) in [4.78, 5) is 11.8. The normalized spacial score (nSPS) is 11.8. The zero-order chi connectivity index (χ0) is 17.2. The molecule has 0 radical (unpaired) electrons. The minimum Gasteiger partial charge on any atom is -0.494 e. The molecule has 0 bridgehead atoms. The summed E-state index contributed by atoms with van der Waals surface area (Å²) in [6, 6.07) is 9.18. The van der Waals surface area contributed by atoms with E-state index in [0.29, 0.717) is 24.8 Å². The lowest BCUT2D eigenvalue weighted by Gasteiger charge is -2.13. The van der Waals surface area contributed by atoms with Crippen molar-refractivity contribution in [1.29, 1.82) is 0 Å². The number of rotatable bonds is 10. The van der Waals surface area contributed by atoms with Crippen molar-refractivity contribution < 1.29 is 14.3 Å². The first-order valence-electron chi connectivity index (χ1n) is 8.27. The Bertz CT molecular complexity index is 596. The third kappa shape index (κ3) is 6.32. The van der Waals surface area contributed by atoms with Crippen molar-refractivity contribution in [1.82, 2.24) is 15.1 Å². The number of nitrogens with one attached hydrogen (secondary N) is 1. The minimum absolute atomic E-state index is 0.00362. The number of amides is 1. The lowest BCUT2D eigenvalue weighted by Crippen LogP contribution is -2.33. The summed E-state index contributed by atoms with van der Waals surface area (Å²) in [6.45, 7) is 6.19. The Kier molecular flexibility index (Phi) is 7.14. The van der Waals surface area contributed by atoms with Crippen LogP contribution in [0.2, 0.25) is 0 Å². The van der Waals surface area contributed by atoms with Crippen LogP contribution in [0.15, 0.2) is 42.7 Å². The third-order valence-electron chi connectivity index (χ3n) is 3.37. The van der Waals surface area contributed by atoms with E-state index in [0.717, 1.165) is 18.7 Å². The predicted octanol–water partition coefficient (Wildman–Crippen LogP) is 2.50. The second-order valence-electron chi connectivity index (χ2n) is 5.75. The van der Waals surface area contributed by atoms with Crippen LogP contribution in [0.1, 0.15) is 20.3 Å². The molecule has 0 saturated heterocycles. The molecule has 2 aromatic rings. The summed E-state index contributed by atoms with van der Waals surface area (Å²) in [5.41, 5.74) is 0. The molecule has 1 aromatic carbocycles. The molecule has 1 unspecified atom stereocenters. The van der Waals surface area contributed by atoms with E-state index in [4.69, 9.17) is 9.47 Å². The number of carbonyl (C=O) groups is 1. The highest BCUT2D eigenvalue weighted by molar-refractivity contribution is 5.77. The number of hydrogen-bond acceptors (Lipinski definition) is 4. The maximum atomic E-state index is 11.8. The molecule has 6 nitrogen and oxygen atoms in total. The standard InChI is InChI=1S/C18H25N3O3/c1-3-11-23-16-5-7-17(8-6-16)24-14-18(22)19-12-15(2)13-21-10-4-9-20-21/h4-10,15H,3,11-14H2,1-2H3,(H,19,22). The zero-order valence-electron chi connectivity index (χ0n) is 14.3. The fraction of sp³-hybridized carbons (Fsp3) is 0.444. The quantitative estimate of drug-likeness (QED) is 0.726. The number of aromatic nitrogens is 2. The van der Waals surface area contributed by atoms with Gasteiger partial charge in [-0.15, -0.1) is 0 Å². The lowest BCUT2D eigenvalue weighted by atomic mass is 10.2. The Morgan fingerprint density at radius 1 is 1.25 bits per heavy atom. The molecule has 1 atom stereocenters. The van der Waals surface area contributed by atoms with Gasteiger partial charge in [0.25, 0.3) is 5.91 Å². The zero-order valence-corrected chi connectivity index (χ0v) is 14.3. The van der Waals surface area contributed by atoms with E-state index in [2.05, 4.69) is 24.3 Å². The van der Waals surface area contributed by atoms with Gasteiger partial charge in [-0.3, -0.25) is 9.48 Å². The van der Waals surface area contributed by atoms with E-state index in [1.165, 1.54) is 0 Å². The molecular weight excluding hydrogens is 306 g/mol. The highest BCUT2D eigenvalue weighted by atomic mass is 16.5. The second-order valence-corrected chi connectivity index (χ2v) is 5.75. The van der Waals surface area contributed by atoms with Crippen LogP contribution in [0.25, 0.3) is 0 Å². The van der Waals surface area contributed by atoms with E-state index in [1.807, 2.05) is 29.1 Å². The summed E-state index contributed by atoms with van der Waals surface area (Å²) in [6.07, 6.45) is 4.63. The summed E-state index contributed by atoms with van der Waals surface area (Å²) in [5.74, 6) is 1.62. The Morgan fingerprint density at radius 2 is 1.96 bits per heavy atom. The van der Waals surface area contributed by atoms with Gasteiger partial charge in [-0.1, -0.05) is 13.8 Å². The molecule has 1 amide bonds. The van der Waals surface area contributed by atoms with Crippen LogP contribution < -0.4 is 14.8 Å². The second kappa shape index (κ2) is 9.60. The molecule has 130 valence electrons. The van der Waals surface area contributed by atoms with E-state index in [9.17, 15) is 4.79 Å². The van der Waals surface area contributed by atoms with Crippen molar-refractivity contribution in [3.05, 3.63) is 42.7 Å². The number of carbonyl (C=O) groups excluding carboxylic acids is 1. The SMILES string of the molecule is CCCOc1ccc(OCC(=O)NCC(C)Cn2cccn2)cc1.